The van der Waals surface area contributed by atoms with Crippen molar-refractivity contribution in [1.29, 1.82) is 0 Å². The molecular formula is C31H40F2N10O11P2S2. The standard InChI is InChI=1S/C31H40F2N10O11P2S2/c1-31(2,3)52-30(45)41(4)5-6-48-19(44)8-16-22-27(37-11-35-16)43(14-39-22)29-21(33)25-18(51-29)10-50-56(47,58)53-24-15(9-49-55(46,57)54-25)7-17(20(24)32)42-13-40-23-26(34)36-12-38-28(23)42/h11-15,17-18,20-21,24-25,29H,5-10H2,1-4H3,(H,46,57)(H,47,58)(H2,34,36,38)/t15-,17-,18-,20+,21-,24-,25-,29-,55?,56?/m1/s1. The lowest BCUT2D eigenvalue weighted by Gasteiger charge is -2.30. The molecule has 0 bridgehead atoms. The highest BCUT2D eigenvalue weighted by molar-refractivity contribution is 8.07. The van der Waals surface area contributed by atoms with E-state index < -0.39 is 93.2 Å². The minimum Gasteiger partial charge on any atom is -0.463 e. The molecule has 4 aromatic rings. The molecule has 7 rings (SSSR count). The second kappa shape index (κ2) is 16.5. The van der Waals surface area contributed by atoms with Gasteiger partial charge in [0, 0.05) is 13.0 Å². The maximum atomic E-state index is 16.5. The molecule has 1 amide bonds. The predicted molar refractivity (Wildman–Crippen MR) is 204 cm³/mol. The molecule has 21 nitrogen and oxygen atoms in total. The van der Waals surface area contributed by atoms with E-state index in [4.69, 9.17) is 61.7 Å². The molecule has 6 heterocycles. The normalized spacial score (nSPS) is 31.9. The molecule has 0 aromatic carbocycles. The summed E-state index contributed by atoms with van der Waals surface area (Å²) < 4.78 is 74.7. The molecule has 3 fully saturated rings. The van der Waals surface area contributed by atoms with Gasteiger partial charge in [0.15, 0.2) is 29.5 Å². The van der Waals surface area contributed by atoms with E-state index in [9.17, 15) is 19.4 Å². The van der Waals surface area contributed by atoms with Gasteiger partial charge < -0.3 is 52.8 Å². The van der Waals surface area contributed by atoms with E-state index >= 15 is 8.78 Å². The van der Waals surface area contributed by atoms with Gasteiger partial charge in [-0.3, -0.25) is 13.9 Å². The maximum absolute atomic E-state index is 16.5. The van der Waals surface area contributed by atoms with Gasteiger partial charge in [-0.1, -0.05) is 0 Å². The Morgan fingerprint density at radius 1 is 0.948 bits per heavy atom. The van der Waals surface area contributed by atoms with Crippen LogP contribution in [-0.4, -0.2) is 135 Å². The highest BCUT2D eigenvalue weighted by Gasteiger charge is 2.53. The Bertz CT molecular complexity index is 2290. The molecule has 316 valence electrons. The van der Waals surface area contributed by atoms with Crippen LogP contribution in [0.25, 0.3) is 22.3 Å². The van der Waals surface area contributed by atoms with Crippen LogP contribution in [0.2, 0.25) is 0 Å². The van der Waals surface area contributed by atoms with Crippen molar-refractivity contribution in [2.24, 2.45) is 5.92 Å². The van der Waals surface area contributed by atoms with Gasteiger partial charge >= 0.3 is 25.5 Å². The molecule has 2 saturated heterocycles. The average Bonchev–Trinajstić information content (AvgIpc) is 3.91. The molecule has 4 N–H and O–H groups in total. The first-order chi connectivity index (χ1) is 27.3. The molecule has 4 aromatic heterocycles. The topological polar surface area (TPSA) is 256 Å². The first-order valence-corrected chi connectivity index (χ1v) is 22.9. The van der Waals surface area contributed by atoms with E-state index in [0.717, 1.165) is 6.33 Å². The summed E-state index contributed by atoms with van der Waals surface area (Å²) in [6.45, 7) is -4.44. The van der Waals surface area contributed by atoms with Crippen molar-refractivity contribution in [2.45, 2.75) is 82.1 Å². The lowest BCUT2D eigenvalue weighted by molar-refractivity contribution is -0.143. The van der Waals surface area contributed by atoms with Crippen LogP contribution in [0, 0.1) is 5.92 Å². The smallest absolute Gasteiger partial charge is 0.410 e. The second-order valence-electron chi connectivity index (χ2n) is 14.7. The van der Waals surface area contributed by atoms with Gasteiger partial charge in [-0.05, 0) is 50.8 Å². The van der Waals surface area contributed by atoms with Gasteiger partial charge in [0.25, 0.3) is 0 Å². The fraction of sp³-hybridized carbons (Fsp3) is 0.613. The van der Waals surface area contributed by atoms with E-state index in [-0.39, 0.29) is 59.8 Å². The summed E-state index contributed by atoms with van der Waals surface area (Å²) in [6, 6.07) is -0.952. The van der Waals surface area contributed by atoms with Crippen LogP contribution >= 0.6 is 13.4 Å². The molecule has 0 spiro atoms. The van der Waals surface area contributed by atoms with Crippen molar-refractivity contribution in [3.63, 3.8) is 0 Å². The number of nitrogen functional groups attached to an aromatic ring is 1. The van der Waals surface area contributed by atoms with Crippen LogP contribution in [0.3, 0.4) is 0 Å². The number of carbonyl (C=O) groups is 2. The number of fused-ring (bicyclic) bond motifs is 4. The molecule has 10 atom stereocenters. The fourth-order valence-corrected chi connectivity index (χ4v) is 9.73. The third-order valence-corrected chi connectivity index (χ3v) is 12.6. The summed E-state index contributed by atoms with van der Waals surface area (Å²) in [7, 11) is 1.50. The lowest BCUT2D eigenvalue weighted by Crippen LogP contribution is -2.36. The molecule has 3 aliphatic rings. The zero-order valence-corrected chi connectivity index (χ0v) is 34.7. The average molecular weight is 893 g/mol. The van der Waals surface area contributed by atoms with Gasteiger partial charge in [-0.2, -0.15) is 0 Å². The number of imidazole rings is 2. The summed E-state index contributed by atoms with van der Waals surface area (Å²) >= 11 is 10.6. The van der Waals surface area contributed by atoms with Crippen LogP contribution in [0.15, 0.2) is 25.3 Å². The zero-order valence-electron chi connectivity index (χ0n) is 31.3. The molecule has 1 aliphatic carbocycles. The van der Waals surface area contributed by atoms with Crippen molar-refractivity contribution in [3.05, 3.63) is 31.0 Å². The van der Waals surface area contributed by atoms with Crippen LogP contribution < -0.4 is 5.73 Å². The van der Waals surface area contributed by atoms with Gasteiger partial charge in [-0.25, -0.2) is 43.5 Å². The van der Waals surface area contributed by atoms with E-state index in [0.29, 0.717) is 0 Å². The third kappa shape index (κ3) is 9.14. The Kier molecular flexibility index (Phi) is 12.1. The number of carbonyl (C=O) groups excluding carboxylic acids is 2. The number of aromatic nitrogens is 8. The van der Waals surface area contributed by atoms with Gasteiger partial charge in [0.2, 0.25) is 0 Å². The van der Waals surface area contributed by atoms with E-state index in [2.05, 4.69) is 29.9 Å². The largest absolute Gasteiger partial charge is 0.463 e. The Hall–Kier alpha value is -3.48. The highest BCUT2D eigenvalue weighted by atomic mass is 32.5. The fourth-order valence-electron chi connectivity index (χ4n) is 6.78. The number of nitrogens with zero attached hydrogens (tertiary/aromatic N) is 9. The number of anilines is 1. The summed E-state index contributed by atoms with van der Waals surface area (Å²) in [4.78, 5) is 73.5. The van der Waals surface area contributed by atoms with Gasteiger partial charge in [0.05, 0.1) is 50.6 Å². The summed E-state index contributed by atoms with van der Waals surface area (Å²) in [5.74, 6) is -1.45. The van der Waals surface area contributed by atoms with Crippen molar-refractivity contribution >= 4 is 77.3 Å². The third-order valence-electron chi connectivity index (χ3n) is 9.48. The van der Waals surface area contributed by atoms with Crippen molar-refractivity contribution in [3.8, 4) is 0 Å². The van der Waals surface area contributed by atoms with E-state index in [1.165, 1.54) is 40.1 Å². The SMILES string of the molecule is CN(CCOC(=O)Cc1ncnc2c1ncn2[C@@H]1O[C@@H]2COP(O)(=S)O[C@@H]3[C@@H](COP(O)(=S)O[C@H]2[C@H]1F)C[C@@H](n1cnc2c(N)ncnc21)[C@@H]3F)C(=O)OC(C)(C)C. The minimum absolute atomic E-state index is 0.0234. The number of rotatable bonds is 7. The van der Waals surface area contributed by atoms with Crippen LogP contribution in [-0.2, 0) is 67.1 Å². The summed E-state index contributed by atoms with van der Waals surface area (Å²) in [5.41, 5.74) is 6.09. The predicted octanol–water partition coefficient (Wildman–Crippen LogP) is 2.59. The number of hydrogen-bond acceptors (Lipinski definition) is 18. The Morgan fingerprint density at radius 2 is 1.59 bits per heavy atom. The molecule has 0 radical (unpaired) electrons. The van der Waals surface area contributed by atoms with Gasteiger partial charge in [0.1, 0.15) is 60.4 Å². The van der Waals surface area contributed by atoms with E-state index in [1.54, 1.807) is 20.8 Å². The first-order valence-electron chi connectivity index (χ1n) is 17.7. The van der Waals surface area contributed by atoms with Crippen molar-refractivity contribution < 1.29 is 60.5 Å². The van der Waals surface area contributed by atoms with Crippen LogP contribution in [0.5, 0.6) is 0 Å². The molecule has 27 heteroatoms. The van der Waals surface area contributed by atoms with E-state index in [1.807, 2.05) is 0 Å². The molecule has 58 heavy (non-hydrogen) atoms. The number of hydrogen-bond donors (Lipinski definition) is 3. The number of amides is 1. The van der Waals surface area contributed by atoms with Crippen molar-refractivity contribution in [2.75, 3.05) is 39.1 Å². The number of nitrogens with two attached hydrogens (primary N) is 1. The Labute approximate surface area is 339 Å². The number of halogens is 2. The van der Waals surface area contributed by atoms with Crippen LogP contribution in [0.4, 0.5) is 19.4 Å². The number of esters is 1. The van der Waals surface area contributed by atoms with Gasteiger partial charge in [-0.15, -0.1) is 0 Å². The number of alkyl halides is 2. The Morgan fingerprint density at radius 3 is 2.31 bits per heavy atom. The first kappa shape index (κ1) is 42.6. The van der Waals surface area contributed by atoms with Crippen molar-refractivity contribution in [1.82, 2.24) is 43.9 Å². The molecule has 2 aliphatic heterocycles. The lowest BCUT2D eigenvalue weighted by atomic mass is 10.1. The number of ether oxygens (including phenoxy) is 3. The molecular weight excluding hydrogens is 852 g/mol. The Balaban J connectivity index is 1.04. The second-order valence-corrected chi connectivity index (χ2v) is 20.3. The summed E-state index contributed by atoms with van der Waals surface area (Å²) in [5, 5.41) is 0. The minimum atomic E-state index is -4.27. The monoisotopic (exact) mass is 892 g/mol. The quantitative estimate of drug-likeness (QED) is 0.178. The maximum Gasteiger partial charge on any atom is 0.410 e. The molecule has 1 saturated carbocycles. The van der Waals surface area contributed by atoms with Crippen LogP contribution in [0.1, 0.15) is 45.2 Å². The number of likely N-dealkylation sites (N-methyl/N-ethyl adjacent to an activating group) is 1. The molecule has 2 unspecified atom stereocenters. The highest BCUT2D eigenvalue weighted by Crippen LogP contribution is 2.56. The summed E-state index contributed by atoms with van der Waals surface area (Å²) in [6.07, 6.45) is -5.79. The zero-order chi connectivity index (χ0) is 41.7.